The smallest absolute Gasteiger partial charge is 0.0259 e. The van der Waals surface area contributed by atoms with E-state index in [9.17, 15) is 0 Å². The van der Waals surface area contributed by atoms with Gasteiger partial charge in [-0.3, -0.25) is 0 Å². The molecule has 0 aromatic carbocycles. The quantitative estimate of drug-likeness (QED) is 0.507. The van der Waals surface area contributed by atoms with Gasteiger partial charge in [0.2, 0.25) is 0 Å². The average molecular weight is 97.2 g/mol. The van der Waals surface area contributed by atoms with Gasteiger partial charge in [0, 0.05) is 0 Å². The predicted octanol–water partition coefficient (Wildman–Crippen LogP) is 2.41. The predicted molar refractivity (Wildman–Crippen MR) is 32.9 cm³/mol. The van der Waals surface area contributed by atoms with Gasteiger partial charge in [-0.25, -0.2) is 0 Å². The maximum Gasteiger partial charge on any atom is -0.0259 e. The molecule has 0 aromatic heterocycles. The molecule has 7 heavy (non-hydrogen) atoms. The molecule has 0 saturated carbocycles. The van der Waals surface area contributed by atoms with Crippen molar-refractivity contribution in [2.24, 2.45) is 5.92 Å². The highest BCUT2D eigenvalue weighted by Gasteiger charge is 1.89. The lowest BCUT2D eigenvalue weighted by Gasteiger charge is -1.98. The van der Waals surface area contributed by atoms with Crippen molar-refractivity contribution in [3.05, 3.63) is 12.7 Å². The Balaban J connectivity index is 2.98. The molecule has 41 valence electrons. The summed E-state index contributed by atoms with van der Waals surface area (Å²) in [6, 6.07) is 0. The molecular weight excluding hydrogens is 84.1 g/mol. The van der Waals surface area contributed by atoms with E-state index in [4.69, 9.17) is 6.58 Å². The summed E-state index contributed by atoms with van der Waals surface area (Å²) in [5.74, 6) is 0.602. The zero-order valence-corrected chi connectivity index (χ0v) is 5.15. The van der Waals surface area contributed by atoms with Crippen LogP contribution in [-0.4, -0.2) is 0 Å². The zero-order chi connectivity index (χ0) is 5.70. The molecule has 0 nitrogen and oxygen atoms in total. The number of hydrogen-bond acceptors (Lipinski definition) is 0. The van der Waals surface area contributed by atoms with Crippen LogP contribution in [0.25, 0.3) is 0 Å². The third-order valence-corrected chi connectivity index (χ3v) is 1.07. The highest BCUT2D eigenvalue weighted by atomic mass is 13.9. The Bertz CT molecular complexity index is 46.0. The van der Waals surface area contributed by atoms with E-state index in [1.165, 1.54) is 12.8 Å². The van der Waals surface area contributed by atoms with Crippen molar-refractivity contribution in [1.82, 2.24) is 0 Å². The fourth-order valence-corrected chi connectivity index (χ4v) is 0.552. The molecule has 0 saturated heterocycles. The number of hydrogen-bond donors (Lipinski definition) is 0. The first kappa shape index (κ1) is 6.74. The van der Waals surface area contributed by atoms with Crippen molar-refractivity contribution in [3.8, 4) is 0 Å². The van der Waals surface area contributed by atoms with Crippen molar-refractivity contribution in [3.63, 3.8) is 0 Å². The van der Waals surface area contributed by atoms with Gasteiger partial charge in [-0.2, -0.15) is 0 Å². The summed E-state index contributed by atoms with van der Waals surface area (Å²) in [6.07, 6.45) is 4.20. The Labute approximate surface area is 46.2 Å². The first-order chi connectivity index (χ1) is 3.31. The van der Waals surface area contributed by atoms with Gasteiger partial charge in [0.05, 0.1) is 0 Å². The van der Waals surface area contributed by atoms with Gasteiger partial charge in [0.25, 0.3) is 0 Å². The fourth-order valence-electron chi connectivity index (χ4n) is 0.552. The van der Waals surface area contributed by atoms with Crippen LogP contribution in [0.3, 0.4) is 0 Å². The normalized spacial score (nSPS) is 13.4. The summed E-state index contributed by atoms with van der Waals surface area (Å²) in [6.45, 7) is 9.53. The van der Waals surface area contributed by atoms with Crippen LogP contribution in [0, 0.1) is 12.5 Å². The molecule has 0 fully saturated rings. The molecule has 0 aromatic rings. The summed E-state index contributed by atoms with van der Waals surface area (Å²) in [4.78, 5) is 0. The largest absolute Gasteiger partial charge is 0.0817 e. The standard InChI is InChI=1S/C7H13/c1-4-6-7(3)5-2/h2,5,7H,4,6H2,1,3H3/t7-/m1/s1. The molecule has 0 spiro atoms. The second-order valence-electron chi connectivity index (χ2n) is 1.96. The zero-order valence-electron chi connectivity index (χ0n) is 5.15. The van der Waals surface area contributed by atoms with Crippen molar-refractivity contribution in [2.75, 3.05) is 0 Å². The summed E-state index contributed by atoms with van der Waals surface area (Å²) in [5, 5.41) is 0. The lowest BCUT2D eigenvalue weighted by atomic mass is 10.1. The SMILES string of the molecule is [CH]=C[C@@H](C)CCC. The molecule has 0 heteroatoms. The molecule has 0 unspecified atom stereocenters. The van der Waals surface area contributed by atoms with E-state index in [1.807, 2.05) is 0 Å². The Morgan fingerprint density at radius 1 is 1.71 bits per heavy atom. The second kappa shape index (κ2) is 3.91. The molecule has 0 amide bonds. The van der Waals surface area contributed by atoms with Gasteiger partial charge in [-0.1, -0.05) is 32.9 Å². The van der Waals surface area contributed by atoms with Crippen LogP contribution < -0.4 is 0 Å². The van der Waals surface area contributed by atoms with Crippen LogP contribution in [0.1, 0.15) is 26.7 Å². The molecule has 1 atom stereocenters. The minimum atomic E-state index is 0.602. The van der Waals surface area contributed by atoms with E-state index in [0.29, 0.717) is 5.92 Å². The summed E-state index contributed by atoms with van der Waals surface area (Å²) >= 11 is 0. The van der Waals surface area contributed by atoms with E-state index < -0.39 is 0 Å². The average Bonchev–Trinajstić information content (AvgIpc) is 1.68. The maximum atomic E-state index is 5.23. The summed E-state index contributed by atoms with van der Waals surface area (Å²) in [5.41, 5.74) is 0. The van der Waals surface area contributed by atoms with Crippen LogP contribution >= 0.6 is 0 Å². The fraction of sp³-hybridized carbons (Fsp3) is 0.714. The van der Waals surface area contributed by atoms with Crippen LogP contribution in [0.4, 0.5) is 0 Å². The van der Waals surface area contributed by atoms with Crippen molar-refractivity contribution < 1.29 is 0 Å². The summed E-state index contributed by atoms with van der Waals surface area (Å²) in [7, 11) is 0. The first-order valence-corrected chi connectivity index (χ1v) is 2.86. The van der Waals surface area contributed by atoms with Gasteiger partial charge in [-0.05, 0) is 12.3 Å². The van der Waals surface area contributed by atoms with Gasteiger partial charge in [-0.15, -0.1) is 0 Å². The van der Waals surface area contributed by atoms with E-state index in [-0.39, 0.29) is 0 Å². The first-order valence-electron chi connectivity index (χ1n) is 2.86. The number of allylic oxidation sites excluding steroid dienone is 1. The van der Waals surface area contributed by atoms with Gasteiger partial charge < -0.3 is 0 Å². The topological polar surface area (TPSA) is 0 Å². The van der Waals surface area contributed by atoms with Crippen molar-refractivity contribution >= 4 is 0 Å². The monoisotopic (exact) mass is 97.1 g/mol. The Kier molecular flexibility index (Phi) is 3.77. The third kappa shape index (κ3) is 3.57. The maximum absolute atomic E-state index is 5.23. The van der Waals surface area contributed by atoms with Gasteiger partial charge >= 0.3 is 0 Å². The lowest BCUT2D eigenvalue weighted by Crippen LogP contribution is -1.84. The second-order valence-corrected chi connectivity index (χ2v) is 1.96. The van der Waals surface area contributed by atoms with Crippen LogP contribution in [0.15, 0.2) is 6.08 Å². The van der Waals surface area contributed by atoms with E-state index >= 15 is 0 Å². The van der Waals surface area contributed by atoms with Crippen LogP contribution in [0.5, 0.6) is 0 Å². The molecule has 0 aliphatic rings. The molecule has 0 bridgehead atoms. The van der Waals surface area contributed by atoms with E-state index in [0.717, 1.165) is 0 Å². The molecule has 0 aliphatic carbocycles. The highest BCUT2D eigenvalue weighted by molar-refractivity contribution is 4.70. The van der Waals surface area contributed by atoms with Gasteiger partial charge in [0.15, 0.2) is 0 Å². The minimum absolute atomic E-state index is 0.602. The van der Waals surface area contributed by atoms with Crippen molar-refractivity contribution in [1.29, 1.82) is 0 Å². The molecule has 0 aliphatic heterocycles. The van der Waals surface area contributed by atoms with Crippen LogP contribution in [-0.2, 0) is 0 Å². The van der Waals surface area contributed by atoms with Crippen LogP contribution in [0.2, 0.25) is 0 Å². The third-order valence-electron chi connectivity index (χ3n) is 1.07. The Hall–Kier alpha value is -0.260. The summed E-state index contributed by atoms with van der Waals surface area (Å²) < 4.78 is 0. The van der Waals surface area contributed by atoms with E-state index in [1.54, 1.807) is 6.08 Å². The highest BCUT2D eigenvalue weighted by Crippen LogP contribution is 2.03. The number of rotatable bonds is 3. The van der Waals surface area contributed by atoms with Gasteiger partial charge in [0.1, 0.15) is 0 Å². The van der Waals surface area contributed by atoms with Crippen molar-refractivity contribution in [2.45, 2.75) is 26.7 Å². The Morgan fingerprint density at radius 2 is 2.29 bits per heavy atom. The lowest BCUT2D eigenvalue weighted by molar-refractivity contribution is 0.634. The molecule has 0 rings (SSSR count). The molecular formula is C7H13. The Morgan fingerprint density at radius 3 is 2.43 bits per heavy atom. The molecule has 0 heterocycles. The van der Waals surface area contributed by atoms with E-state index in [2.05, 4.69) is 13.8 Å². The molecule has 0 N–H and O–H groups in total. The minimum Gasteiger partial charge on any atom is -0.0817 e. The molecule has 1 radical (unpaired) electrons.